The number of H-pyrrole nitrogens is 1. The molecule has 9 nitrogen and oxygen atoms in total. The molecule has 3 heterocycles. The van der Waals surface area contributed by atoms with Crippen LogP contribution in [0.4, 0.5) is 0 Å². The van der Waals surface area contributed by atoms with Crippen molar-refractivity contribution in [3.63, 3.8) is 0 Å². The first-order valence-corrected chi connectivity index (χ1v) is 9.03. The zero-order valence-corrected chi connectivity index (χ0v) is 15.2. The van der Waals surface area contributed by atoms with Crippen LogP contribution in [-0.2, 0) is 13.0 Å². The number of para-hydroxylation sites is 1. The largest absolute Gasteiger partial charge is 0.332 e. The van der Waals surface area contributed by atoms with Crippen LogP contribution in [0.5, 0.6) is 0 Å². The van der Waals surface area contributed by atoms with Gasteiger partial charge in [-0.05, 0) is 12.1 Å². The van der Waals surface area contributed by atoms with Crippen LogP contribution in [0.25, 0.3) is 33.7 Å². The van der Waals surface area contributed by atoms with Gasteiger partial charge < -0.3 is 4.52 Å². The highest BCUT2D eigenvalue weighted by Crippen LogP contribution is 2.26. The molecule has 1 N–H and O–H groups in total. The third-order valence-corrected chi connectivity index (χ3v) is 4.57. The van der Waals surface area contributed by atoms with Gasteiger partial charge in [-0.15, -0.1) is 0 Å². The number of aromatic amines is 1. The summed E-state index contributed by atoms with van der Waals surface area (Å²) in [5.41, 5.74) is 2.59. The molecule has 0 bridgehead atoms. The minimum absolute atomic E-state index is 0.0952. The van der Waals surface area contributed by atoms with Crippen LogP contribution in [-0.4, -0.2) is 35.1 Å². The summed E-state index contributed by atoms with van der Waals surface area (Å²) in [5, 5.41) is 15.5. The monoisotopic (exact) mass is 385 g/mol. The molecule has 29 heavy (non-hydrogen) atoms. The maximum atomic E-state index is 12.6. The summed E-state index contributed by atoms with van der Waals surface area (Å²) in [6.07, 6.45) is 1.96. The molecule has 0 amide bonds. The highest BCUT2D eigenvalue weighted by Gasteiger charge is 2.18. The van der Waals surface area contributed by atoms with Crippen molar-refractivity contribution < 1.29 is 4.52 Å². The fraction of sp³-hybridized carbons (Fsp3) is 0.100. The topological polar surface area (TPSA) is 115 Å². The number of hydrogen-bond donors (Lipinski definition) is 1. The van der Waals surface area contributed by atoms with Crippen LogP contribution < -0.4 is 5.56 Å². The first kappa shape index (κ1) is 17.0. The second kappa shape index (κ2) is 7.12. The summed E-state index contributed by atoms with van der Waals surface area (Å²) >= 11 is 0. The Labute approximate surface area is 164 Å². The van der Waals surface area contributed by atoms with Gasteiger partial charge in [0.1, 0.15) is 5.69 Å². The third kappa shape index (κ3) is 3.18. The van der Waals surface area contributed by atoms with E-state index in [1.807, 2.05) is 48.5 Å². The van der Waals surface area contributed by atoms with Crippen molar-refractivity contribution in [2.24, 2.45) is 0 Å². The summed E-state index contributed by atoms with van der Waals surface area (Å²) in [5.74, 6) is 0.749. The second-order valence-corrected chi connectivity index (χ2v) is 6.41. The molecule has 0 saturated heterocycles. The highest BCUT2D eigenvalue weighted by molar-refractivity contribution is 5.77. The van der Waals surface area contributed by atoms with Crippen LogP contribution in [0.1, 0.15) is 5.82 Å². The zero-order valence-electron chi connectivity index (χ0n) is 15.2. The molecule has 0 aliphatic rings. The Bertz CT molecular complexity index is 1340. The molecule has 0 fully saturated rings. The average Bonchev–Trinajstić information content (AvgIpc) is 3.43. The van der Waals surface area contributed by atoms with Gasteiger partial charge in [0, 0.05) is 18.5 Å². The van der Waals surface area contributed by atoms with E-state index >= 15 is 0 Å². The second-order valence-electron chi connectivity index (χ2n) is 6.41. The Kier molecular flexibility index (Phi) is 4.17. The normalized spacial score (nSPS) is 11.2. The average molecular weight is 385 g/mol. The first-order chi connectivity index (χ1) is 14.3. The number of hydrogen-bond acceptors (Lipinski definition) is 7. The van der Waals surface area contributed by atoms with E-state index in [9.17, 15) is 4.79 Å². The van der Waals surface area contributed by atoms with Crippen molar-refractivity contribution in [2.75, 3.05) is 0 Å². The number of fused-ring (bicyclic) bond motifs is 1. The Morgan fingerprint density at radius 1 is 0.966 bits per heavy atom. The molecule has 3 aromatic heterocycles. The summed E-state index contributed by atoms with van der Waals surface area (Å²) < 4.78 is 6.92. The molecule has 2 aromatic carbocycles. The molecule has 0 spiro atoms. The minimum Gasteiger partial charge on any atom is -0.332 e. The molecule has 142 valence electrons. The van der Waals surface area contributed by atoms with Gasteiger partial charge in [-0.2, -0.15) is 20.4 Å². The van der Waals surface area contributed by atoms with Crippen LogP contribution in [0.3, 0.4) is 0 Å². The van der Waals surface area contributed by atoms with Gasteiger partial charge in [-0.1, -0.05) is 47.6 Å². The van der Waals surface area contributed by atoms with Crippen molar-refractivity contribution in [2.45, 2.75) is 13.0 Å². The van der Waals surface area contributed by atoms with Crippen molar-refractivity contribution in [3.8, 4) is 22.8 Å². The van der Waals surface area contributed by atoms with Crippen LogP contribution >= 0.6 is 0 Å². The van der Waals surface area contributed by atoms with E-state index in [-0.39, 0.29) is 11.4 Å². The standard InChI is InChI=1S/C20H15N7O2/c28-20-14-8-4-5-9-15(14)21-12-27(20)11-10-16-22-19(29-25-16)18-17(23-26-24-18)13-6-2-1-3-7-13/h1-9,12H,10-11H2,(H,23,24,26). The molecule has 0 aliphatic heterocycles. The van der Waals surface area contributed by atoms with Crippen molar-refractivity contribution >= 4 is 10.9 Å². The van der Waals surface area contributed by atoms with E-state index in [4.69, 9.17) is 4.52 Å². The summed E-state index contributed by atoms with van der Waals surface area (Å²) in [4.78, 5) is 21.3. The van der Waals surface area contributed by atoms with Gasteiger partial charge in [0.2, 0.25) is 0 Å². The van der Waals surface area contributed by atoms with Gasteiger partial charge in [0.15, 0.2) is 11.5 Å². The molecule has 0 saturated carbocycles. The third-order valence-electron chi connectivity index (χ3n) is 4.57. The summed E-state index contributed by atoms with van der Waals surface area (Å²) in [6.45, 7) is 0.389. The molecule has 0 atom stereocenters. The number of rotatable bonds is 5. The number of nitrogens with one attached hydrogen (secondary N) is 1. The maximum absolute atomic E-state index is 12.6. The molecule has 0 aliphatic carbocycles. The fourth-order valence-electron chi connectivity index (χ4n) is 3.11. The van der Waals surface area contributed by atoms with E-state index in [0.29, 0.717) is 41.1 Å². The molecule has 9 heteroatoms. The highest BCUT2D eigenvalue weighted by atomic mass is 16.5. The van der Waals surface area contributed by atoms with Crippen molar-refractivity contribution in [3.05, 3.63) is 77.1 Å². The van der Waals surface area contributed by atoms with Crippen LogP contribution in [0.15, 0.2) is 70.2 Å². The number of nitrogens with zero attached hydrogens (tertiary/aromatic N) is 6. The predicted molar refractivity (Wildman–Crippen MR) is 105 cm³/mol. The Hall–Kier alpha value is -4.14. The van der Waals surface area contributed by atoms with Crippen molar-refractivity contribution in [1.82, 2.24) is 35.1 Å². The lowest BCUT2D eigenvalue weighted by Gasteiger charge is -2.04. The molecule has 5 aromatic rings. The number of aromatic nitrogens is 7. The van der Waals surface area contributed by atoms with E-state index in [0.717, 1.165) is 5.56 Å². The number of benzene rings is 2. The quantitative estimate of drug-likeness (QED) is 0.494. The first-order valence-electron chi connectivity index (χ1n) is 9.03. The summed E-state index contributed by atoms with van der Waals surface area (Å²) in [7, 11) is 0. The van der Waals surface area contributed by atoms with Gasteiger partial charge >= 0.3 is 0 Å². The molecular formula is C20H15N7O2. The maximum Gasteiger partial charge on any atom is 0.280 e. The smallest absolute Gasteiger partial charge is 0.280 e. The Balaban J connectivity index is 1.38. The SMILES string of the molecule is O=c1c2ccccc2ncn1CCc1noc(-c2n[nH]nc2-c2ccccc2)n1. The van der Waals surface area contributed by atoms with Gasteiger partial charge in [-0.25, -0.2) is 4.98 Å². The molecule has 0 radical (unpaired) electrons. The van der Waals surface area contributed by atoms with E-state index in [2.05, 4.69) is 30.5 Å². The zero-order chi connectivity index (χ0) is 19.6. The fourth-order valence-corrected chi connectivity index (χ4v) is 3.11. The Morgan fingerprint density at radius 2 is 1.76 bits per heavy atom. The van der Waals surface area contributed by atoms with E-state index in [1.54, 1.807) is 10.6 Å². The molecule has 5 rings (SSSR count). The summed E-state index contributed by atoms with van der Waals surface area (Å²) in [6, 6.07) is 16.9. The lowest BCUT2D eigenvalue weighted by molar-refractivity contribution is 0.419. The van der Waals surface area contributed by atoms with E-state index < -0.39 is 0 Å². The molecule has 0 unspecified atom stereocenters. The van der Waals surface area contributed by atoms with Crippen molar-refractivity contribution in [1.29, 1.82) is 0 Å². The van der Waals surface area contributed by atoms with Crippen LogP contribution in [0.2, 0.25) is 0 Å². The number of aryl methyl sites for hydroxylation is 2. The predicted octanol–water partition coefficient (Wildman–Crippen LogP) is 2.47. The lowest BCUT2D eigenvalue weighted by atomic mass is 10.1. The lowest BCUT2D eigenvalue weighted by Crippen LogP contribution is -2.21. The minimum atomic E-state index is -0.0952. The van der Waals surface area contributed by atoms with Gasteiger partial charge in [0.25, 0.3) is 11.4 Å². The molecular weight excluding hydrogens is 370 g/mol. The van der Waals surface area contributed by atoms with Gasteiger partial charge in [-0.3, -0.25) is 9.36 Å². The van der Waals surface area contributed by atoms with E-state index in [1.165, 1.54) is 6.33 Å². The Morgan fingerprint density at radius 3 is 2.66 bits per heavy atom. The van der Waals surface area contributed by atoms with Crippen LogP contribution in [0, 0.1) is 0 Å². The van der Waals surface area contributed by atoms with Gasteiger partial charge in [0.05, 0.1) is 17.2 Å².